The first-order valence-corrected chi connectivity index (χ1v) is 4.46. The van der Waals surface area contributed by atoms with Crippen LogP contribution in [-0.2, 0) is 4.79 Å². The van der Waals surface area contributed by atoms with Crippen LogP contribution in [-0.4, -0.2) is 46.7 Å². The second-order valence-corrected chi connectivity index (χ2v) is 3.50. The van der Waals surface area contributed by atoms with Gasteiger partial charge in [0.05, 0.1) is 6.54 Å². The molecule has 0 aromatic rings. The molecule has 1 N–H and O–H groups in total. The van der Waals surface area contributed by atoms with Crippen LogP contribution in [0.4, 0.5) is 13.2 Å². The molecule has 1 amide bonds. The summed E-state index contributed by atoms with van der Waals surface area (Å²) in [5, 5.41) is 9.18. The molecule has 7 heteroatoms. The fourth-order valence-electron chi connectivity index (χ4n) is 1.32. The molecule has 1 rings (SSSR count). The molecule has 0 bridgehead atoms. The maximum atomic E-state index is 12.3. The highest BCUT2D eigenvalue weighted by Gasteiger charge is 2.57. The van der Waals surface area contributed by atoms with Crippen molar-refractivity contribution in [1.82, 2.24) is 4.90 Å². The molecule has 0 aliphatic carbocycles. The van der Waals surface area contributed by atoms with E-state index in [9.17, 15) is 23.1 Å². The van der Waals surface area contributed by atoms with Crippen LogP contribution in [0, 0.1) is 0 Å². The number of hydrogen-bond acceptors (Lipinski definition) is 2. The fourth-order valence-corrected chi connectivity index (χ4v) is 1.49. The number of carbonyl (C=O) groups is 1. The van der Waals surface area contributed by atoms with Crippen molar-refractivity contribution in [2.75, 3.05) is 19.0 Å². The molecule has 0 aromatic heterocycles. The number of aliphatic hydroxyl groups is 1. The highest BCUT2D eigenvalue weighted by molar-refractivity contribution is 6.27. The molecule has 0 unspecified atom stereocenters. The molecule has 0 aromatic carbocycles. The number of halogens is 4. The first kappa shape index (κ1) is 11.6. The normalized spacial score (nSPS) is 28.2. The molecular formula is C7H9ClF3NO2. The van der Waals surface area contributed by atoms with Gasteiger partial charge in [-0.2, -0.15) is 13.2 Å². The van der Waals surface area contributed by atoms with E-state index < -0.39 is 30.7 Å². The van der Waals surface area contributed by atoms with Crippen LogP contribution in [0.1, 0.15) is 6.42 Å². The van der Waals surface area contributed by atoms with Crippen molar-refractivity contribution in [3.8, 4) is 0 Å². The molecule has 1 aliphatic heterocycles. The highest BCUT2D eigenvalue weighted by Crippen LogP contribution is 2.37. The van der Waals surface area contributed by atoms with Gasteiger partial charge in [-0.3, -0.25) is 4.79 Å². The Morgan fingerprint density at radius 1 is 1.57 bits per heavy atom. The third-order valence-electron chi connectivity index (χ3n) is 2.24. The summed E-state index contributed by atoms with van der Waals surface area (Å²) < 4.78 is 36.8. The molecule has 1 saturated heterocycles. The second kappa shape index (κ2) is 3.58. The van der Waals surface area contributed by atoms with Crippen molar-refractivity contribution >= 4 is 17.5 Å². The van der Waals surface area contributed by atoms with Gasteiger partial charge in [-0.25, -0.2) is 0 Å². The van der Waals surface area contributed by atoms with Crippen LogP contribution in [0.3, 0.4) is 0 Å². The van der Waals surface area contributed by atoms with Gasteiger partial charge in [0.15, 0.2) is 5.60 Å². The Morgan fingerprint density at radius 3 is 2.50 bits per heavy atom. The molecule has 0 radical (unpaired) electrons. The minimum Gasteiger partial charge on any atom is -0.379 e. The predicted molar refractivity (Wildman–Crippen MR) is 42.9 cm³/mol. The first-order chi connectivity index (χ1) is 6.30. The molecular weight excluding hydrogens is 223 g/mol. The summed E-state index contributed by atoms with van der Waals surface area (Å²) in [5.41, 5.74) is -2.77. The lowest BCUT2D eigenvalue weighted by molar-refractivity contribution is -0.253. The Balaban J connectivity index is 2.69. The summed E-state index contributed by atoms with van der Waals surface area (Å²) in [4.78, 5) is 11.9. The van der Waals surface area contributed by atoms with Gasteiger partial charge >= 0.3 is 6.18 Å². The lowest BCUT2D eigenvalue weighted by atomic mass is 10.0. The van der Waals surface area contributed by atoms with E-state index in [0.29, 0.717) is 0 Å². The number of likely N-dealkylation sites (tertiary alicyclic amines) is 1. The van der Waals surface area contributed by atoms with E-state index in [1.165, 1.54) is 0 Å². The maximum absolute atomic E-state index is 12.3. The van der Waals surface area contributed by atoms with Gasteiger partial charge in [0, 0.05) is 13.0 Å². The summed E-state index contributed by atoms with van der Waals surface area (Å²) in [7, 11) is 0. The zero-order valence-corrected chi connectivity index (χ0v) is 7.90. The monoisotopic (exact) mass is 231 g/mol. The van der Waals surface area contributed by atoms with Crippen LogP contribution >= 0.6 is 11.6 Å². The quantitative estimate of drug-likeness (QED) is 0.677. The van der Waals surface area contributed by atoms with Crippen LogP contribution in [0.15, 0.2) is 0 Å². The third-order valence-corrected chi connectivity index (χ3v) is 2.47. The summed E-state index contributed by atoms with van der Waals surface area (Å²) >= 11 is 5.19. The van der Waals surface area contributed by atoms with Gasteiger partial charge in [0.1, 0.15) is 5.88 Å². The minimum absolute atomic E-state index is 0.110. The number of amides is 1. The van der Waals surface area contributed by atoms with E-state index in [1.54, 1.807) is 0 Å². The van der Waals surface area contributed by atoms with Crippen molar-refractivity contribution in [1.29, 1.82) is 0 Å². The Morgan fingerprint density at radius 2 is 2.14 bits per heavy atom. The van der Waals surface area contributed by atoms with Gasteiger partial charge in [0.2, 0.25) is 5.91 Å². The number of carbonyl (C=O) groups excluding carboxylic acids is 1. The van der Waals surface area contributed by atoms with Crippen molar-refractivity contribution < 1.29 is 23.1 Å². The molecule has 0 spiro atoms. The first-order valence-electron chi connectivity index (χ1n) is 3.93. The Bertz CT molecular complexity index is 246. The van der Waals surface area contributed by atoms with Crippen molar-refractivity contribution in [2.24, 2.45) is 0 Å². The van der Waals surface area contributed by atoms with Gasteiger partial charge in [-0.05, 0) is 0 Å². The fraction of sp³-hybridized carbons (Fsp3) is 0.857. The van der Waals surface area contributed by atoms with E-state index in [2.05, 4.69) is 0 Å². The van der Waals surface area contributed by atoms with Gasteiger partial charge in [0.25, 0.3) is 0 Å². The zero-order chi connectivity index (χ0) is 11.0. The van der Waals surface area contributed by atoms with Crippen molar-refractivity contribution in [3.05, 3.63) is 0 Å². The van der Waals surface area contributed by atoms with Crippen LogP contribution in [0.2, 0.25) is 0 Å². The number of rotatable bonds is 1. The summed E-state index contributed by atoms with van der Waals surface area (Å²) in [6.45, 7) is -0.830. The van der Waals surface area contributed by atoms with Crippen molar-refractivity contribution in [2.45, 2.75) is 18.2 Å². The van der Waals surface area contributed by atoms with E-state index >= 15 is 0 Å². The molecule has 1 fully saturated rings. The van der Waals surface area contributed by atoms with Gasteiger partial charge in [-0.15, -0.1) is 11.6 Å². The average molecular weight is 232 g/mol. The number of β-amino-alcohol motifs (C(OH)–C–C–N with tert-alkyl or cyclic N) is 1. The molecule has 1 heterocycles. The maximum Gasteiger partial charge on any atom is 0.419 e. The van der Waals surface area contributed by atoms with Crippen LogP contribution < -0.4 is 0 Å². The van der Waals surface area contributed by atoms with E-state index in [-0.39, 0.29) is 12.4 Å². The van der Waals surface area contributed by atoms with Gasteiger partial charge in [-0.1, -0.05) is 0 Å². The van der Waals surface area contributed by atoms with E-state index in [1.807, 2.05) is 0 Å². The second-order valence-electron chi connectivity index (χ2n) is 3.23. The SMILES string of the molecule is O=C(CCl)N1CC[C@](O)(C(F)(F)F)C1. The van der Waals surface area contributed by atoms with E-state index in [0.717, 1.165) is 4.90 Å². The molecule has 82 valence electrons. The van der Waals surface area contributed by atoms with Crippen LogP contribution in [0.5, 0.6) is 0 Å². The molecule has 14 heavy (non-hydrogen) atoms. The zero-order valence-electron chi connectivity index (χ0n) is 7.14. The predicted octanol–water partition coefficient (Wildman–Crippen LogP) is 0.751. The summed E-state index contributed by atoms with van der Waals surface area (Å²) in [5.74, 6) is -0.958. The number of hydrogen-bond donors (Lipinski definition) is 1. The molecule has 0 saturated carbocycles. The Labute approximate surface area is 83.4 Å². The van der Waals surface area contributed by atoms with Gasteiger partial charge < -0.3 is 10.0 Å². The standard InChI is InChI=1S/C7H9ClF3NO2/c8-3-5(13)12-2-1-6(14,4-12)7(9,10)11/h14H,1-4H2/t6-/m1/s1. The van der Waals surface area contributed by atoms with Crippen LogP contribution in [0.25, 0.3) is 0 Å². The minimum atomic E-state index is -4.70. The average Bonchev–Trinajstić information content (AvgIpc) is 2.47. The van der Waals surface area contributed by atoms with Crippen molar-refractivity contribution in [3.63, 3.8) is 0 Å². The van der Waals surface area contributed by atoms with E-state index in [4.69, 9.17) is 11.6 Å². The smallest absolute Gasteiger partial charge is 0.379 e. The Kier molecular flexibility index (Phi) is 2.96. The highest BCUT2D eigenvalue weighted by atomic mass is 35.5. The lowest BCUT2D eigenvalue weighted by Crippen LogP contribution is -2.48. The molecule has 3 nitrogen and oxygen atoms in total. The number of nitrogens with zero attached hydrogens (tertiary/aromatic N) is 1. The largest absolute Gasteiger partial charge is 0.419 e. The third kappa shape index (κ3) is 1.95. The topological polar surface area (TPSA) is 40.5 Å². The Hall–Kier alpha value is -0.490. The molecule has 1 atom stereocenters. The summed E-state index contributed by atoms with van der Waals surface area (Å²) in [6.07, 6.45) is -5.19. The summed E-state index contributed by atoms with van der Waals surface area (Å²) in [6, 6.07) is 0. The lowest BCUT2D eigenvalue weighted by Gasteiger charge is -2.25. The number of alkyl halides is 4. The molecule has 1 aliphatic rings.